The third kappa shape index (κ3) is 7.55. The molecule has 0 rings (SSSR count). The summed E-state index contributed by atoms with van der Waals surface area (Å²) in [5.41, 5.74) is 0. The molecule has 0 atom stereocenters. The first kappa shape index (κ1) is 10.7. The molecule has 0 aliphatic carbocycles. The highest BCUT2D eigenvalue weighted by Crippen LogP contribution is 1.87. The zero-order chi connectivity index (χ0) is 8.53. The summed E-state index contributed by atoms with van der Waals surface area (Å²) >= 11 is 4.76. The van der Waals surface area contributed by atoms with Gasteiger partial charge in [-0.25, -0.2) is 0 Å². The first-order chi connectivity index (χ1) is 5.31. The Hall–Kier alpha value is -0.350. The van der Waals surface area contributed by atoms with Crippen molar-refractivity contribution in [2.24, 2.45) is 0 Å². The second-order valence-electron chi connectivity index (χ2n) is 2.05. The quantitative estimate of drug-likeness (QED) is 0.500. The highest BCUT2D eigenvalue weighted by molar-refractivity contribution is 7.79. The number of nitrogens with one attached hydrogen (secondary N) is 1. The van der Waals surface area contributed by atoms with Crippen LogP contribution in [-0.4, -0.2) is 32.0 Å². The van der Waals surface area contributed by atoms with E-state index in [0.29, 0.717) is 13.2 Å². The molecule has 4 heteroatoms. The van der Waals surface area contributed by atoms with Crippen molar-refractivity contribution in [3.8, 4) is 0 Å². The Labute approximate surface area is 73.1 Å². The highest BCUT2D eigenvalue weighted by Gasteiger charge is 1.95. The van der Waals surface area contributed by atoms with Crippen molar-refractivity contribution in [3.63, 3.8) is 0 Å². The zero-order valence-corrected chi connectivity index (χ0v) is 7.87. The van der Waals surface area contributed by atoms with Gasteiger partial charge in [0.1, 0.15) is 6.61 Å². The molecule has 0 bridgehead atoms. The maximum absolute atomic E-state index is 5.03. The summed E-state index contributed by atoms with van der Waals surface area (Å²) in [4.78, 5) is 0. The zero-order valence-electron chi connectivity index (χ0n) is 7.05. The van der Waals surface area contributed by atoms with Crippen molar-refractivity contribution in [2.45, 2.75) is 13.3 Å². The van der Waals surface area contributed by atoms with Gasteiger partial charge in [0, 0.05) is 18.8 Å². The number of thiocarbonyl (C=S) groups is 1. The van der Waals surface area contributed by atoms with Crippen LogP contribution in [0.1, 0.15) is 13.3 Å². The van der Waals surface area contributed by atoms with Crippen molar-refractivity contribution in [3.05, 3.63) is 0 Å². The second-order valence-corrected chi connectivity index (χ2v) is 2.38. The van der Waals surface area contributed by atoms with Crippen molar-refractivity contribution >= 4 is 17.5 Å². The van der Waals surface area contributed by atoms with E-state index >= 15 is 0 Å². The van der Waals surface area contributed by atoms with E-state index in [1.807, 2.05) is 14.0 Å². The van der Waals surface area contributed by atoms with Gasteiger partial charge in [-0.15, -0.1) is 0 Å². The Bertz CT molecular complexity index is 109. The Balaban J connectivity index is 3.09. The van der Waals surface area contributed by atoms with E-state index in [9.17, 15) is 0 Å². The fraction of sp³-hybridized carbons (Fsp3) is 0.857. The van der Waals surface area contributed by atoms with Crippen molar-refractivity contribution < 1.29 is 9.47 Å². The van der Waals surface area contributed by atoms with Crippen LogP contribution in [0.3, 0.4) is 0 Å². The van der Waals surface area contributed by atoms with Crippen LogP contribution in [0.2, 0.25) is 0 Å². The maximum atomic E-state index is 5.03. The predicted molar refractivity (Wildman–Crippen MR) is 48.7 cm³/mol. The lowest BCUT2D eigenvalue weighted by atomic mass is 10.5. The Morgan fingerprint density at radius 2 is 2.00 bits per heavy atom. The highest BCUT2D eigenvalue weighted by atomic mass is 32.1. The minimum absolute atomic E-state index is 0.252. The standard InChI is InChI=1S/C7H15NO2S/c1-3-5-9-7(11)10-6-4-8-2/h8H,3-6H2,1-2H3. The molecule has 11 heavy (non-hydrogen) atoms. The number of likely N-dealkylation sites (N-methyl/N-ethyl adjacent to an activating group) is 1. The Morgan fingerprint density at radius 3 is 2.55 bits per heavy atom. The molecule has 0 aromatic heterocycles. The average Bonchev–Trinajstić information content (AvgIpc) is 2.01. The van der Waals surface area contributed by atoms with E-state index < -0.39 is 0 Å². The molecular weight excluding hydrogens is 162 g/mol. The number of hydrogen-bond acceptors (Lipinski definition) is 4. The summed E-state index contributed by atoms with van der Waals surface area (Å²) in [5.74, 6) is 0. The molecule has 0 amide bonds. The van der Waals surface area contributed by atoms with Gasteiger partial charge in [-0.3, -0.25) is 0 Å². The number of hydrogen-bond donors (Lipinski definition) is 1. The smallest absolute Gasteiger partial charge is 0.352 e. The molecule has 0 aliphatic rings. The van der Waals surface area contributed by atoms with Gasteiger partial charge in [0.25, 0.3) is 0 Å². The third-order valence-corrected chi connectivity index (χ3v) is 1.23. The fourth-order valence-corrected chi connectivity index (χ4v) is 0.630. The lowest BCUT2D eigenvalue weighted by molar-refractivity contribution is 0.179. The van der Waals surface area contributed by atoms with Crippen molar-refractivity contribution in [1.29, 1.82) is 0 Å². The van der Waals surface area contributed by atoms with Crippen LogP contribution < -0.4 is 5.32 Å². The van der Waals surface area contributed by atoms with Gasteiger partial charge >= 0.3 is 5.24 Å². The normalized spacial score (nSPS) is 9.27. The molecule has 0 aromatic carbocycles. The lowest BCUT2D eigenvalue weighted by Gasteiger charge is -2.06. The first-order valence-electron chi connectivity index (χ1n) is 3.75. The summed E-state index contributed by atoms with van der Waals surface area (Å²) in [6, 6.07) is 0. The molecular formula is C7H15NO2S. The second kappa shape index (κ2) is 7.75. The topological polar surface area (TPSA) is 30.5 Å². The molecule has 0 saturated carbocycles. The molecule has 66 valence electrons. The van der Waals surface area contributed by atoms with Gasteiger partial charge in [-0.2, -0.15) is 0 Å². The molecule has 0 fully saturated rings. The monoisotopic (exact) mass is 177 g/mol. The van der Waals surface area contributed by atoms with Crippen LogP contribution in [0.25, 0.3) is 0 Å². The molecule has 3 nitrogen and oxygen atoms in total. The Morgan fingerprint density at radius 1 is 1.36 bits per heavy atom. The van der Waals surface area contributed by atoms with E-state index in [4.69, 9.17) is 21.7 Å². The van der Waals surface area contributed by atoms with Gasteiger partial charge in [0.15, 0.2) is 0 Å². The van der Waals surface area contributed by atoms with Gasteiger partial charge in [0.05, 0.1) is 6.61 Å². The van der Waals surface area contributed by atoms with E-state index in [2.05, 4.69) is 5.32 Å². The van der Waals surface area contributed by atoms with Crippen LogP contribution in [-0.2, 0) is 9.47 Å². The summed E-state index contributed by atoms with van der Waals surface area (Å²) < 4.78 is 10.1. The van der Waals surface area contributed by atoms with Crippen LogP contribution >= 0.6 is 12.2 Å². The molecule has 0 spiro atoms. The number of ether oxygens (including phenoxy) is 2. The molecule has 0 radical (unpaired) electrons. The minimum atomic E-state index is 0.252. The largest absolute Gasteiger partial charge is 0.457 e. The minimum Gasteiger partial charge on any atom is -0.457 e. The van der Waals surface area contributed by atoms with E-state index in [-0.39, 0.29) is 5.24 Å². The molecule has 0 heterocycles. The fourth-order valence-electron chi connectivity index (χ4n) is 0.463. The third-order valence-electron chi connectivity index (χ3n) is 0.996. The van der Waals surface area contributed by atoms with E-state index in [1.54, 1.807) is 0 Å². The molecule has 0 saturated heterocycles. The first-order valence-corrected chi connectivity index (χ1v) is 4.16. The molecule has 0 unspecified atom stereocenters. The summed E-state index contributed by atoms with van der Waals surface area (Å²) in [6.07, 6.45) is 0.954. The van der Waals surface area contributed by atoms with Crippen molar-refractivity contribution in [2.75, 3.05) is 26.8 Å². The summed E-state index contributed by atoms with van der Waals surface area (Å²) in [6.45, 7) is 4.02. The maximum Gasteiger partial charge on any atom is 0.352 e. The van der Waals surface area contributed by atoms with Crippen LogP contribution in [0, 0.1) is 0 Å². The van der Waals surface area contributed by atoms with Crippen LogP contribution in [0.4, 0.5) is 0 Å². The van der Waals surface area contributed by atoms with Gasteiger partial charge in [-0.05, 0) is 13.5 Å². The summed E-state index contributed by atoms with van der Waals surface area (Å²) in [7, 11) is 1.86. The Kier molecular flexibility index (Phi) is 7.51. The lowest BCUT2D eigenvalue weighted by Crippen LogP contribution is -2.17. The van der Waals surface area contributed by atoms with E-state index in [0.717, 1.165) is 13.0 Å². The number of rotatable bonds is 5. The van der Waals surface area contributed by atoms with Crippen molar-refractivity contribution in [1.82, 2.24) is 5.32 Å². The molecule has 0 aliphatic heterocycles. The SMILES string of the molecule is CCCOC(=S)OCCNC. The van der Waals surface area contributed by atoms with Crippen LogP contribution in [0.5, 0.6) is 0 Å². The molecule has 1 N–H and O–H groups in total. The van der Waals surface area contributed by atoms with E-state index in [1.165, 1.54) is 0 Å². The summed E-state index contributed by atoms with van der Waals surface area (Å²) in [5, 5.41) is 3.19. The predicted octanol–water partition coefficient (Wildman–Crippen LogP) is 0.934. The average molecular weight is 177 g/mol. The van der Waals surface area contributed by atoms with Crippen LogP contribution in [0.15, 0.2) is 0 Å². The van der Waals surface area contributed by atoms with Gasteiger partial charge < -0.3 is 14.8 Å². The molecule has 0 aromatic rings. The van der Waals surface area contributed by atoms with Gasteiger partial charge in [-0.1, -0.05) is 6.92 Å². The van der Waals surface area contributed by atoms with Gasteiger partial charge in [0.2, 0.25) is 0 Å².